The zero-order valence-corrected chi connectivity index (χ0v) is 18.1. The first-order valence-corrected chi connectivity index (χ1v) is 10.4. The number of amides is 1. The van der Waals surface area contributed by atoms with E-state index in [1.807, 2.05) is 44.2 Å². The Balaban J connectivity index is 1.59. The molecule has 0 fully saturated rings. The summed E-state index contributed by atoms with van der Waals surface area (Å²) in [5, 5.41) is 24.5. The number of hydrogen-bond acceptors (Lipinski definition) is 5. The van der Waals surface area contributed by atoms with Crippen molar-refractivity contribution in [2.45, 2.75) is 20.3 Å². The van der Waals surface area contributed by atoms with Crippen LogP contribution in [0.5, 0.6) is 0 Å². The third kappa shape index (κ3) is 4.59. The number of carbonyl (C=O) groups is 1. The van der Waals surface area contributed by atoms with Gasteiger partial charge in [-0.1, -0.05) is 36.8 Å². The number of nitro groups is 1. The molecule has 2 N–H and O–H groups in total. The fourth-order valence-corrected chi connectivity index (χ4v) is 3.52. The summed E-state index contributed by atoms with van der Waals surface area (Å²) >= 11 is 0. The van der Waals surface area contributed by atoms with Crippen LogP contribution in [0, 0.1) is 17.0 Å². The average molecular weight is 442 g/mol. The minimum absolute atomic E-state index is 0.129. The number of aromatic nitrogens is 2. The SMILES string of the molecule is CCc1cc(-c2nc3ccc([N+](=O)[O-])cc3n2O)ccc1NC(=O)/C=C/c1ccc(C)cc1. The molecule has 0 spiro atoms. The van der Waals surface area contributed by atoms with E-state index < -0.39 is 4.92 Å². The largest absolute Gasteiger partial charge is 0.426 e. The third-order valence-corrected chi connectivity index (χ3v) is 5.33. The molecule has 0 unspecified atom stereocenters. The molecule has 0 aliphatic carbocycles. The number of aryl methyl sites for hydroxylation is 2. The summed E-state index contributed by atoms with van der Waals surface area (Å²) < 4.78 is 0.847. The van der Waals surface area contributed by atoms with Gasteiger partial charge >= 0.3 is 0 Å². The van der Waals surface area contributed by atoms with Crippen LogP contribution < -0.4 is 5.32 Å². The Morgan fingerprint density at radius 1 is 1.15 bits per heavy atom. The smallest absolute Gasteiger partial charge is 0.271 e. The molecule has 33 heavy (non-hydrogen) atoms. The van der Waals surface area contributed by atoms with Crippen molar-refractivity contribution < 1.29 is 14.9 Å². The van der Waals surface area contributed by atoms with E-state index in [9.17, 15) is 20.1 Å². The van der Waals surface area contributed by atoms with Gasteiger partial charge in [0.05, 0.1) is 10.4 Å². The monoisotopic (exact) mass is 442 g/mol. The van der Waals surface area contributed by atoms with Crippen molar-refractivity contribution in [2.24, 2.45) is 0 Å². The molecule has 0 radical (unpaired) electrons. The Morgan fingerprint density at radius 3 is 2.61 bits per heavy atom. The van der Waals surface area contributed by atoms with E-state index in [0.29, 0.717) is 23.2 Å². The summed E-state index contributed by atoms with van der Waals surface area (Å²) in [6.45, 7) is 3.97. The molecule has 1 aromatic heterocycles. The summed E-state index contributed by atoms with van der Waals surface area (Å²) in [5.74, 6) is 0.0112. The summed E-state index contributed by atoms with van der Waals surface area (Å²) in [7, 11) is 0. The number of non-ortho nitro benzene ring substituents is 1. The van der Waals surface area contributed by atoms with Gasteiger partial charge in [-0.15, -0.1) is 0 Å². The molecular weight excluding hydrogens is 420 g/mol. The Hall–Kier alpha value is -4.46. The molecular formula is C25H22N4O4. The van der Waals surface area contributed by atoms with Crippen LogP contribution in [0.4, 0.5) is 11.4 Å². The van der Waals surface area contributed by atoms with Gasteiger partial charge in [0.2, 0.25) is 5.91 Å². The number of nitrogens with zero attached hydrogens (tertiary/aromatic N) is 3. The van der Waals surface area contributed by atoms with Crippen molar-refractivity contribution in [1.82, 2.24) is 9.71 Å². The predicted octanol–water partition coefficient (Wildman–Crippen LogP) is 5.37. The lowest BCUT2D eigenvalue weighted by molar-refractivity contribution is -0.384. The number of nitrogens with one attached hydrogen (secondary N) is 1. The first-order valence-electron chi connectivity index (χ1n) is 10.4. The number of fused-ring (bicyclic) bond motifs is 1. The number of anilines is 1. The van der Waals surface area contributed by atoms with E-state index in [4.69, 9.17) is 0 Å². The molecule has 0 saturated heterocycles. The molecule has 0 saturated carbocycles. The normalized spacial score (nSPS) is 11.2. The summed E-state index contributed by atoms with van der Waals surface area (Å²) in [4.78, 5) is 27.4. The number of imidazole rings is 1. The van der Waals surface area contributed by atoms with E-state index in [2.05, 4.69) is 10.3 Å². The van der Waals surface area contributed by atoms with Gasteiger partial charge in [0.15, 0.2) is 5.82 Å². The fourth-order valence-electron chi connectivity index (χ4n) is 3.52. The van der Waals surface area contributed by atoms with Gasteiger partial charge in [-0.3, -0.25) is 14.9 Å². The summed E-state index contributed by atoms with van der Waals surface area (Å²) in [6, 6.07) is 17.3. The van der Waals surface area contributed by atoms with Crippen LogP contribution in [0.2, 0.25) is 0 Å². The highest BCUT2D eigenvalue weighted by Crippen LogP contribution is 2.29. The number of benzene rings is 3. The van der Waals surface area contributed by atoms with Crippen molar-refractivity contribution in [3.8, 4) is 11.4 Å². The summed E-state index contributed by atoms with van der Waals surface area (Å²) in [5.41, 5.74) is 4.80. The van der Waals surface area contributed by atoms with Crippen LogP contribution in [0.3, 0.4) is 0 Å². The van der Waals surface area contributed by atoms with Crippen LogP contribution in [0.25, 0.3) is 28.5 Å². The molecule has 1 heterocycles. The standard InChI is InChI=1S/C25H22N4O4/c1-3-18-14-19(25-27-22-12-10-20(29(32)33)15-23(22)28(25)31)9-11-21(18)26-24(30)13-8-17-6-4-16(2)5-7-17/h4-15,31H,3H2,1-2H3,(H,26,30)/b13-8+. The minimum atomic E-state index is -0.522. The van der Waals surface area contributed by atoms with Crippen LogP contribution in [-0.2, 0) is 11.2 Å². The van der Waals surface area contributed by atoms with Crippen LogP contribution in [0.1, 0.15) is 23.6 Å². The predicted molar refractivity (Wildman–Crippen MR) is 127 cm³/mol. The van der Waals surface area contributed by atoms with Crippen LogP contribution >= 0.6 is 0 Å². The van der Waals surface area contributed by atoms with Crippen molar-refractivity contribution in [2.75, 3.05) is 5.32 Å². The van der Waals surface area contributed by atoms with E-state index in [1.165, 1.54) is 24.3 Å². The van der Waals surface area contributed by atoms with Gasteiger partial charge < -0.3 is 10.5 Å². The molecule has 4 aromatic rings. The van der Waals surface area contributed by atoms with E-state index in [0.717, 1.165) is 21.4 Å². The highest BCUT2D eigenvalue weighted by molar-refractivity contribution is 6.02. The molecule has 8 heteroatoms. The molecule has 0 aliphatic heterocycles. The topological polar surface area (TPSA) is 110 Å². The second-order valence-electron chi connectivity index (χ2n) is 7.64. The van der Waals surface area contributed by atoms with Gasteiger partial charge in [0, 0.05) is 29.5 Å². The average Bonchev–Trinajstić information content (AvgIpc) is 3.14. The molecule has 166 valence electrons. The Bertz CT molecular complexity index is 1390. The highest BCUT2D eigenvalue weighted by Gasteiger charge is 2.17. The molecule has 0 aliphatic rings. The number of carbonyl (C=O) groups excluding carboxylic acids is 1. The first-order chi connectivity index (χ1) is 15.9. The quantitative estimate of drug-likeness (QED) is 0.180. The highest BCUT2D eigenvalue weighted by atomic mass is 16.6. The molecule has 0 atom stereocenters. The van der Waals surface area contributed by atoms with Crippen molar-refractivity contribution >= 4 is 34.4 Å². The number of hydrogen-bond donors (Lipinski definition) is 2. The van der Waals surface area contributed by atoms with Gasteiger partial charge in [-0.25, -0.2) is 4.98 Å². The maximum Gasteiger partial charge on any atom is 0.271 e. The molecule has 4 rings (SSSR count). The van der Waals surface area contributed by atoms with Crippen LogP contribution in [-0.4, -0.2) is 25.8 Å². The van der Waals surface area contributed by atoms with Crippen molar-refractivity contribution in [3.05, 3.63) is 93.5 Å². The van der Waals surface area contributed by atoms with E-state index >= 15 is 0 Å². The van der Waals surface area contributed by atoms with Crippen molar-refractivity contribution in [3.63, 3.8) is 0 Å². The Labute approximate surface area is 189 Å². The number of nitro benzene ring substituents is 1. The maximum absolute atomic E-state index is 12.4. The first kappa shape index (κ1) is 21.8. The zero-order chi connectivity index (χ0) is 23.5. The molecule has 0 bridgehead atoms. The lowest BCUT2D eigenvalue weighted by Gasteiger charge is -2.11. The number of rotatable bonds is 6. The van der Waals surface area contributed by atoms with Gasteiger partial charge in [-0.05, 0) is 54.8 Å². The lowest BCUT2D eigenvalue weighted by atomic mass is 10.1. The fraction of sp³-hybridized carbons (Fsp3) is 0.120. The van der Waals surface area contributed by atoms with Gasteiger partial charge in [-0.2, -0.15) is 4.73 Å². The third-order valence-electron chi connectivity index (χ3n) is 5.33. The van der Waals surface area contributed by atoms with Crippen LogP contribution in [0.15, 0.2) is 66.7 Å². The van der Waals surface area contributed by atoms with E-state index in [1.54, 1.807) is 18.2 Å². The minimum Gasteiger partial charge on any atom is -0.426 e. The van der Waals surface area contributed by atoms with Gasteiger partial charge in [0.25, 0.3) is 5.69 Å². The van der Waals surface area contributed by atoms with E-state index in [-0.39, 0.29) is 22.9 Å². The van der Waals surface area contributed by atoms with Gasteiger partial charge in [0.1, 0.15) is 5.52 Å². The Kier molecular flexibility index (Phi) is 5.91. The lowest BCUT2D eigenvalue weighted by Crippen LogP contribution is -2.10. The second-order valence-corrected chi connectivity index (χ2v) is 7.64. The van der Waals surface area contributed by atoms with Crippen molar-refractivity contribution in [1.29, 1.82) is 0 Å². The molecule has 1 amide bonds. The second kappa shape index (κ2) is 8.96. The molecule has 3 aromatic carbocycles. The summed E-state index contributed by atoms with van der Waals surface area (Å²) in [6.07, 6.45) is 3.88. The Morgan fingerprint density at radius 2 is 1.91 bits per heavy atom. The maximum atomic E-state index is 12.4. The molecule has 8 nitrogen and oxygen atoms in total. The zero-order valence-electron chi connectivity index (χ0n) is 18.1.